The largest absolute Gasteiger partial charge is 0.444 e. The van der Waals surface area contributed by atoms with Gasteiger partial charge in [0.25, 0.3) is 0 Å². The Hall–Kier alpha value is -0.720. The molecule has 1 N–H and O–H groups in total. The molecular weight excluding hydrogens is 378 g/mol. The Balaban J connectivity index is 1.82. The second-order valence-corrected chi connectivity index (χ2v) is 8.90. The molecule has 0 spiro atoms. The second-order valence-electron chi connectivity index (χ2n) is 6.93. The number of thioether (sulfide) groups is 1. The molecule has 1 heterocycles. The van der Waals surface area contributed by atoms with Crippen molar-refractivity contribution in [1.82, 2.24) is 4.90 Å². The number of likely N-dealkylation sites (tertiary alicyclic amines) is 1. The van der Waals surface area contributed by atoms with E-state index in [0.29, 0.717) is 31.7 Å². The van der Waals surface area contributed by atoms with Crippen molar-refractivity contribution in [2.45, 2.75) is 49.7 Å². The predicted octanol–water partition coefficient (Wildman–Crippen LogP) is 4.30. The molecule has 4 nitrogen and oxygen atoms in total. The van der Waals surface area contributed by atoms with E-state index >= 15 is 0 Å². The minimum atomic E-state index is -0.726. The van der Waals surface area contributed by atoms with E-state index in [1.54, 1.807) is 16.7 Å². The van der Waals surface area contributed by atoms with Crippen molar-refractivity contribution >= 4 is 33.8 Å². The maximum absolute atomic E-state index is 12.0. The lowest BCUT2D eigenvalue weighted by molar-refractivity contribution is -0.0190. The number of ether oxygens (including phenoxy) is 1. The third kappa shape index (κ3) is 6.01. The summed E-state index contributed by atoms with van der Waals surface area (Å²) in [6.07, 6.45) is 0.867. The van der Waals surface area contributed by atoms with Crippen LogP contribution in [0.15, 0.2) is 33.6 Å². The molecule has 1 amide bonds. The van der Waals surface area contributed by atoms with Gasteiger partial charge in [-0.05, 0) is 57.9 Å². The molecule has 23 heavy (non-hydrogen) atoms. The molecule has 0 aliphatic carbocycles. The molecule has 6 heteroatoms. The second kappa shape index (κ2) is 7.45. The van der Waals surface area contributed by atoms with E-state index in [-0.39, 0.29) is 6.09 Å². The zero-order valence-corrected chi connectivity index (χ0v) is 16.2. The van der Waals surface area contributed by atoms with Gasteiger partial charge in [0.05, 0.1) is 5.60 Å². The summed E-state index contributed by atoms with van der Waals surface area (Å²) in [4.78, 5) is 14.9. The van der Waals surface area contributed by atoms with Crippen molar-refractivity contribution in [2.75, 3.05) is 18.8 Å². The van der Waals surface area contributed by atoms with Gasteiger partial charge in [0.1, 0.15) is 5.60 Å². The number of hydrogen-bond acceptors (Lipinski definition) is 4. The van der Waals surface area contributed by atoms with E-state index in [9.17, 15) is 9.90 Å². The van der Waals surface area contributed by atoms with Gasteiger partial charge in [-0.3, -0.25) is 0 Å². The lowest BCUT2D eigenvalue weighted by Crippen LogP contribution is -2.49. The van der Waals surface area contributed by atoms with Gasteiger partial charge in [-0.1, -0.05) is 15.9 Å². The number of carbonyl (C=O) groups excluding carboxylic acids is 1. The minimum Gasteiger partial charge on any atom is -0.444 e. The van der Waals surface area contributed by atoms with Gasteiger partial charge in [-0.2, -0.15) is 0 Å². The summed E-state index contributed by atoms with van der Waals surface area (Å²) in [5.41, 5.74) is -1.21. The van der Waals surface area contributed by atoms with Crippen LogP contribution in [0.4, 0.5) is 4.79 Å². The number of piperidine rings is 1. The molecule has 128 valence electrons. The Morgan fingerprint density at radius 1 is 1.30 bits per heavy atom. The zero-order valence-electron chi connectivity index (χ0n) is 13.8. The first kappa shape index (κ1) is 18.6. The maximum atomic E-state index is 12.0. The number of rotatable bonds is 3. The highest BCUT2D eigenvalue weighted by Crippen LogP contribution is 2.31. The molecule has 2 rings (SSSR count). The molecule has 1 aromatic carbocycles. The Morgan fingerprint density at radius 2 is 1.87 bits per heavy atom. The smallest absolute Gasteiger partial charge is 0.410 e. The molecule has 1 aliphatic rings. The van der Waals surface area contributed by atoms with E-state index in [1.807, 2.05) is 45.0 Å². The van der Waals surface area contributed by atoms with Crippen LogP contribution < -0.4 is 0 Å². The van der Waals surface area contributed by atoms with Crippen molar-refractivity contribution in [1.29, 1.82) is 0 Å². The maximum Gasteiger partial charge on any atom is 0.410 e. The fraction of sp³-hybridized carbons (Fsp3) is 0.588. The standard InChI is InChI=1S/C17H24BrNO3S/c1-16(2,3)22-15(20)19-10-8-17(21,9-11-19)12-23-14-6-4-13(18)5-7-14/h4-7,21H,8-12H2,1-3H3. The topological polar surface area (TPSA) is 49.8 Å². The number of amides is 1. The van der Waals surface area contributed by atoms with Crippen LogP contribution in [0.1, 0.15) is 33.6 Å². The molecule has 0 radical (unpaired) electrons. The normalized spacial score (nSPS) is 17.9. The third-order valence-corrected chi connectivity index (χ3v) is 5.48. The van der Waals surface area contributed by atoms with Crippen LogP contribution in [-0.2, 0) is 4.74 Å². The molecule has 1 fully saturated rings. The Labute approximate surface area is 150 Å². The van der Waals surface area contributed by atoms with Crippen LogP contribution in [0.2, 0.25) is 0 Å². The third-order valence-electron chi connectivity index (χ3n) is 3.67. The van der Waals surface area contributed by atoms with Crippen LogP contribution in [0.25, 0.3) is 0 Å². The highest BCUT2D eigenvalue weighted by molar-refractivity contribution is 9.10. The van der Waals surface area contributed by atoms with Crippen LogP contribution >= 0.6 is 27.7 Å². The average molecular weight is 402 g/mol. The monoisotopic (exact) mass is 401 g/mol. The van der Waals surface area contributed by atoms with Gasteiger partial charge in [-0.25, -0.2) is 4.79 Å². The van der Waals surface area contributed by atoms with Crippen LogP contribution in [-0.4, -0.2) is 46.1 Å². The Kier molecular flexibility index (Phi) is 6.03. The molecule has 1 saturated heterocycles. The number of nitrogens with zero attached hydrogens (tertiary/aromatic N) is 1. The van der Waals surface area contributed by atoms with Crippen LogP contribution in [0.3, 0.4) is 0 Å². The van der Waals surface area contributed by atoms with Gasteiger partial charge >= 0.3 is 6.09 Å². The first-order valence-corrected chi connectivity index (χ1v) is 9.53. The average Bonchev–Trinajstić information content (AvgIpc) is 2.46. The summed E-state index contributed by atoms with van der Waals surface area (Å²) in [5.74, 6) is 0.636. The van der Waals surface area contributed by atoms with E-state index in [2.05, 4.69) is 15.9 Å². The molecule has 0 bridgehead atoms. The number of benzene rings is 1. The molecule has 1 aliphatic heterocycles. The molecule has 1 aromatic rings. The fourth-order valence-electron chi connectivity index (χ4n) is 2.32. The molecule has 0 saturated carbocycles. The van der Waals surface area contributed by atoms with Crippen LogP contribution in [0.5, 0.6) is 0 Å². The summed E-state index contributed by atoms with van der Waals surface area (Å²) >= 11 is 5.07. The van der Waals surface area contributed by atoms with Gasteiger partial charge in [-0.15, -0.1) is 11.8 Å². The fourth-order valence-corrected chi connectivity index (χ4v) is 3.64. The summed E-state index contributed by atoms with van der Waals surface area (Å²) in [6, 6.07) is 8.07. The molecule has 0 aromatic heterocycles. The molecule has 0 unspecified atom stereocenters. The van der Waals surface area contributed by atoms with E-state index in [4.69, 9.17) is 4.74 Å². The van der Waals surface area contributed by atoms with Gasteiger partial charge in [0, 0.05) is 28.2 Å². The van der Waals surface area contributed by atoms with E-state index in [0.717, 1.165) is 9.37 Å². The Bertz CT molecular complexity index is 534. The summed E-state index contributed by atoms with van der Waals surface area (Å²) in [6.45, 7) is 6.65. The van der Waals surface area contributed by atoms with Crippen molar-refractivity contribution in [3.05, 3.63) is 28.7 Å². The quantitative estimate of drug-likeness (QED) is 0.766. The molecular formula is C17H24BrNO3S. The first-order chi connectivity index (χ1) is 10.7. The van der Waals surface area contributed by atoms with Crippen molar-refractivity contribution in [3.8, 4) is 0 Å². The number of aliphatic hydroxyl groups is 1. The lowest BCUT2D eigenvalue weighted by Gasteiger charge is -2.38. The number of halogens is 1. The lowest BCUT2D eigenvalue weighted by atomic mass is 9.94. The van der Waals surface area contributed by atoms with E-state index < -0.39 is 11.2 Å². The van der Waals surface area contributed by atoms with Crippen molar-refractivity contribution in [2.24, 2.45) is 0 Å². The predicted molar refractivity (Wildman–Crippen MR) is 96.9 cm³/mol. The number of hydrogen-bond donors (Lipinski definition) is 1. The van der Waals surface area contributed by atoms with Crippen LogP contribution in [0, 0.1) is 0 Å². The summed E-state index contributed by atoms with van der Waals surface area (Å²) in [7, 11) is 0. The minimum absolute atomic E-state index is 0.292. The number of carbonyl (C=O) groups is 1. The highest BCUT2D eigenvalue weighted by atomic mass is 79.9. The SMILES string of the molecule is CC(C)(C)OC(=O)N1CCC(O)(CSc2ccc(Br)cc2)CC1. The van der Waals surface area contributed by atoms with Gasteiger partial charge < -0.3 is 14.7 Å². The Morgan fingerprint density at radius 3 is 2.39 bits per heavy atom. The molecule has 0 atom stereocenters. The zero-order chi connectivity index (χ0) is 17.1. The summed E-state index contributed by atoms with van der Waals surface area (Å²) < 4.78 is 6.43. The first-order valence-electron chi connectivity index (χ1n) is 7.76. The van der Waals surface area contributed by atoms with Crippen molar-refractivity contribution < 1.29 is 14.6 Å². The van der Waals surface area contributed by atoms with Gasteiger partial charge in [0.2, 0.25) is 0 Å². The van der Waals surface area contributed by atoms with Gasteiger partial charge in [0.15, 0.2) is 0 Å². The van der Waals surface area contributed by atoms with Crippen molar-refractivity contribution in [3.63, 3.8) is 0 Å². The van der Waals surface area contributed by atoms with E-state index in [1.165, 1.54) is 0 Å². The summed E-state index contributed by atoms with van der Waals surface area (Å²) in [5, 5.41) is 10.7. The highest BCUT2D eigenvalue weighted by Gasteiger charge is 2.35.